The molecule has 1 aliphatic rings. The van der Waals surface area contributed by atoms with Crippen molar-refractivity contribution in [2.24, 2.45) is 5.92 Å². The monoisotopic (exact) mass is 298 g/mol. The molecule has 1 aliphatic heterocycles. The maximum atomic E-state index is 11.6. The van der Waals surface area contributed by atoms with E-state index in [1.807, 2.05) is 0 Å². The Bertz CT molecular complexity index is 491. The van der Waals surface area contributed by atoms with Crippen molar-refractivity contribution in [2.75, 3.05) is 26.7 Å². The van der Waals surface area contributed by atoms with E-state index in [0.717, 1.165) is 19.5 Å². The van der Waals surface area contributed by atoms with Gasteiger partial charge in [0.2, 0.25) is 0 Å². The summed E-state index contributed by atoms with van der Waals surface area (Å²) in [5.74, 6) is -0.550. The number of hydrogen-bond acceptors (Lipinski definition) is 5. The first kappa shape index (κ1) is 14.7. The summed E-state index contributed by atoms with van der Waals surface area (Å²) in [7, 11) is 2.07. The maximum Gasteiger partial charge on any atom is 0.355 e. The largest absolute Gasteiger partial charge is 0.476 e. The number of carboxylic acids is 1. The van der Waals surface area contributed by atoms with Crippen LogP contribution in [0.3, 0.4) is 0 Å². The zero-order valence-electron chi connectivity index (χ0n) is 11.3. The molecule has 0 bridgehead atoms. The van der Waals surface area contributed by atoms with E-state index in [2.05, 4.69) is 27.6 Å². The molecule has 110 valence electrons. The number of carboxylic acid groups (broad SMARTS) is 1. The predicted molar refractivity (Wildman–Crippen MR) is 74.9 cm³/mol. The fraction of sp³-hybridized carbons (Fsp3) is 0.583. The summed E-state index contributed by atoms with van der Waals surface area (Å²) in [5.41, 5.74) is 0.0150. The Hall–Kier alpha value is -1.67. The van der Waals surface area contributed by atoms with Gasteiger partial charge < -0.3 is 20.6 Å². The lowest BCUT2D eigenvalue weighted by atomic mass is 10.1. The molecule has 0 spiro atoms. The lowest BCUT2D eigenvalue weighted by Crippen LogP contribution is -2.38. The molecular weight excluding hydrogens is 280 g/mol. The highest BCUT2D eigenvalue weighted by molar-refractivity contribution is 7.09. The second-order valence-electron chi connectivity index (χ2n) is 4.91. The van der Waals surface area contributed by atoms with Crippen molar-refractivity contribution in [1.29, 1.82) is 0 Å². The third-order valence-electron chi connectivity index (χ3n) is 3.21. The Balaban J connectivity index is 1.68. The van der Waals surface area contributed by atoms with Crippen molar-refractivity contribution < 1.29 is 14.7 Å². The number of rotatable bonds is 5. The van der Waals surface area contributed by atoms with Crippen molar-refractivity contribution in [1.82, 2.24) is 20.5 Å². The van der Waals surface area contributed by atoms with Gasteiger partial charge in [0.25, 0.3) is 0 Å². The van der Waals surface area contributed by atoms with Gasteiger partial charge in [-0.15, -0.1) is 11.3 Å². The first-order valence-corrected chi connectivity index (χ1v) is 7.30. The van der Waals surface area contributed by atoms with Crippen LogP contribution in [0.1, 0.15) is 21.9 Å². The van der Waals surface area contributed by atoms with E-state index < -0.39 is 5.97 Å². The smallest absolute Gasteiger partial charge is 0.355 e. The minimum atomic E-state index is -1.05. The Labute approximate surface area is 121 Å². The number of nitrogens with zero attached hydrogens (tertiary/aromatic N) is 2. The van der Waals surface area contributed by atoms with Crippen LogP contribution in [0.5, 0.6) is 0 Å². The van der Waals surface area contributed by atoms with E-state index in [-0.39, 0.29) is 18.3 Å². The van der Waals surface area contributed by atoms with Crippen molar-refractivity contribution in [3.8, 4) is 0 Å². The third-order valence-corrected chi connectivity index (χ3v) is 4.06. The van der Waals surface area contributed by atoms with Gasteiger partial charge in [-0.2, -0.15) is 0 Å². The van der Waals surface area contributed by atoms with Crippen molar-refractivity contribution >= 4 is 23.3 Å². The van der Waals surface area contributed by atoms with Gasteiger partial charge in [0, 0.05) is 18.5 Å². The standard InChI is InChI=1S/C12H18N4O3S/c1-16-3-2-8(6-16)4-13-12(19)14-5-10-15-9(7-20-10)11(17)18/h7-8H,2-6H2,1H3,(H,17,18)(H2,13,14,19). The molecule has 3 N–H and O–H groups in total. The van der Waals surface area contributed by atoms with E-state index in [9.17, 15) is 9.59 Å². The Morgan fingerprint density at radius 2 is 2.35 bits per heavy atom. The normalized spacial score (nSPS) is 18.9. The van der Waals surface area contributed by atoms with Crippen LogP contribution in [0, 0.1) is 5.92 Å². The van der Waals surface area contributed by atoms with Crippen LogP contribution in [-0.2, 0) is 6.54 Å². The van der Waals surface area contributed by atoms with Gasteiger partial charge in [-0.05, 0) is 25.9 Å². The molecule has 8 heteroatoms. The molecule has 1 saturated heterocycles. The summed E-state index contributed by atoms with van der Waals surface area (Å²) >= 11 is 1.22. The minimum absolute atomic E-state index is 0.0150. The van der Waals surface area contributed by atoms with Gasteiger partial charge >= 0.3 is 12.0 Å². The van der Waals surface area contributed by atoms with E-state index in [1.54, 1.807) is 0 Å². The highest BCUT2D eigenvalue weighted by atomic mass is 32.1. The molecule has 7 nitrogen and oxygen atoms in total. The Morgan fingerprint density at radius 3 is 2.95 bits per heavy atom. The third kappa shape index (κ3) is 4.17. The summed E-state index contributed by atoms with van der Waals surface area (Å²) in [6.07, 6.45) is 1.10. The second-order valence-corrected chi connectivity index (χ2v) is 5.85. The zero-order valence-corrected chi connectivity index (χ0v) is 12.1. The lowest BCUT2D eigenvalue weighted by Gasteiger charge is -2.12. The van der Waals surface area contributed by atoms with Crippen LogP contribution in [0.25, 0.3) is 0 Å². The molecule has 2 heterocycles. The van der Waals surface area contributed by atoms with Gasteiger partial charge in [-0.25, -0.2) is 14.6 Å². The number of aromatic carboxylic acids is 1. The van der Waals surface area contributed by atoms with Crippen LogP contribution in [0.4, 0.5) is 4.79 Å². The summed E-state index contributed by atoms with van der Waals surface area (Å²) in [5, 5.41) is 16.3. The first-order valence-electron chi connectivity index (χ1n) is 6.42. The first-order chi connectivity index (χ1) is 9.54. The number of amides is 2. The molecule has 1 atom stereocenters. The van der Waals surface area contributed by atoms with E-state index >= 15 is 0 Å². The SMILES string of the molecule is CN1CCC(CNC(=O)NCc2nc(C(=O)O)cs2)C1. The van der Waals surface area contributed by atoms with Gasteiger partial charge in [0.05, 0.1) is 6.54 Å². The molecule has 0 aliphatic carbocycles. The van der Waals surface area contributed by atoms with E-state index in [0.29, 0.717) is 17.5 Å². The van der Waals surface area contributed by atoms with Gasteiger partial charge in [0.1, 0.15) is 5.01 Å². The van der Waals surface area contributed by atoms with Crippen LogP contribution < -0.4 is 10.6 Å². The number of carbonyl (C=O) groups is 2. The maximum absolute atomic E-state index is 11.6. The minimum Gasteiger partial charge on any atom is -0.476 e. The van der Waals surface area contributed by atoms with Gasteiger partial charge in [0.15, 0.2) is 5.69 Å². The van der Waals surface area contributed by atoms with Gasteiger partial charge in [-0.3, -0.25) is 0 Å². The molecule has 0 aromatic carbocycles. The number of hydrogen-bond donors (Lipinski definition) is 3. The zero-order chi connectivity index (χ0) is 14.5. The molecule has 1 aromatic heterocycles. The fourth-order valence-corrected chi connectivity index (χ4v) is 2.85. The molecule has 2 amide bonds. The van der Waals surface area contributed by atoms with Crippen molar-refractivity contribution in [3.63, 3.8) is 0 Å². The molecule has 20 heavy (non-hydrogen) atoms. The highest BCUT2D eigenvalue weighted by Crippen LogP contribution is 2.12. The molecule has 1 unspecified atom stereocenters. The molecular formula is C12H18N4O3S. The molecule has 1 aromatic rings. The van der Waals surface area contributed by atoms with Crippen LogP contribution in [-0.4, -0.2) is 53.7 Å². The second kappa shape index (κ2) is 6.67. The number of likely N-dealkylation sites (tertiary alicyclic amines) is 1. The topological polar surface area (TPSA) is 94.6 Å². The average Bonchev–Trinajstić information content (AvgIpc) is 3.03. The van der Waals surface area contributed by atoms with Crippen molar-refractivity contribution in [2.45, 2.75) is 13.0 Å². The molecule has 1 fully saturated rings. The van der Waals surface area contributed by atoms with Crippen LogP contribution in [0.2, 0.25) is 0 Å². The summed E-state index contributed by atoms with van der Waals surface area (Å²) in [6, 6.07) is -0.244. The highest BCUT2D eigenvalue weighted by Gasteiger charge is 2.19. The molecule has 2 rings (SSSR count). The van der Waals surface area contributed by atoms with Crippen molar-refractivity contribution in [3.05, 3.63) is 16.1 Å². The Morgan fingerprint density at radius 1 is 1.55 bits per heavy atom. The molecule has 0 radical (unpaired) electrons. The number of aromatic nitrogens is 1. The summed E-state index contributed by atoms with van der Waals surface area (Å²) < 4.78 is 0. The van der Waals surface area contributed by atoms with E-state index in [4.69, 9.17) is 5.11 Å². The quantitative estimate of drug-likeness (QED) is 0.739. The predicted octanol–water partition coefficient (Wildman–Crippen LogP) is 0.592. The van der Waals surface area contributed by atoms with Crippen LogP contribution >= 0.6 is 11.3 Å². The van der Waals surface area contributed by atoms with E-state index in [1.165, 1.54) is 16.7 Å². The number of thiazole rings is 1. The number of carbonyl (C=O) groups excluding carboxylic acids is 1. The van der Waals surface area contributed by atoms with Crippen LogP contribution in [0.15, 0.2) is 5.38 Å². The average molecular weight is 298 g/mol. The Kier molecular flexibility index (Phi) is 4.91. The van der Waals surface area contributed by atoms with Gasteiger partial charge in [-0.1, -0.05) is 0 Å². The fourth-order valence-electron chi connectivity index (χ4n) is 2.14. The number of nitrogens with one attached hydrogen (secondary N) is 2. The summed E-state index contributed by atoms with van der Waals surface area (Å²) in [4.78, 5) is 28.4. The lowest BCUT2D eigenvalue weighted by molar-refractivity contribution is 0.0691. The number of urea groups is 1. The molecule has 0 saturated carbocycles. The summed E-state index contributed by atoms with van der Waals surface area (Å²) in [6.45, 7) is 2.99.